The highest BCUT2D eigenvalue weighted by molar-refractivity contribution is 5.51. The summed E-state index contributed by atoms with van der Waals surface area (Å²) < 4.78 is 0. The Labute approximate surface area is 128 Å². The van der Waals surface area contributed by atoms with E-state index in [-0.39, 0.29) is 35.5 Å². The molecule has 0 aliphatic rings. The zero-order valence-corrected chi connectivity index (χ0v) is 12.0. The van der Waals surface area contributed by atoms with Gasteiger partial charge < -0.3 is 31.9 Å². The lowest BCUT2D eigenvalue weighted by atomic mass is 9.86. The van der Waals surface area contributed by atoms with Crippen LogP contribution in [0.15, 0.2) is 30.3 Å². The fourth-order valence-electron chi connectivity index (χ4n) is 2.53. The van der Waals surface area contributed by atoms with Crippen LogP contribution in [-0.2, 0) is 6.42 Å². The number of nitrogens with two attached hydrogens (primary N) is 2. The molecule has 0 aliphatic heterocycles. The summed E-state index contributed by atoms with van der Waals surface area (Å²) >= 11 is 0. The highest BCUT2D eigenvalue weighted by atomic mass is 16.3. The molecule has 0 amide bonds. The highest BCUT2D eigenvalue weighted by Crippen LogP contribution is 2.37. The topological polar surface area (TPSA) is 133 Å². The molecule has 2 aromatic rings. The van der Waals surface area contributed by atoms with Crippen LogP contribution in [0, 0.1) is 0 Å². The first kappa shape index (κ1) is 15.9. The molecule has 6 heteroatoms. The molecule has 0 aromatic heterocycles. The van der Waals surface area contributed by atoms with Crippen LogP contribution in [0.1, 0.15) is 22.6 Å². The van der Waals surface area contributed by atoms with Crippen molar-refractivity contribution in [3.63, 3.8) is 0 Å². The van der Waals surface area contributed by atoms with Crippen molar-refractivity contribution in [1.29, 1.82) is 0 Å². The van der Waals surface area contributed by atoms with Gasteiger partial charge in [-0.2, -0.15) is 0 Å². The summed E-state index contributed by atoms with van der Waals surface area (Å²) in [5, 5.41) is 38.5. The van der Waals surface area contributed by atoms with Crippen molar-refractivity contribution < 1.29 is 20.4 Å². The highest BCUT2D eigenvalue weighted by Gasteiger charge is 2.19. The second kappa shape index (κ2) is 6.55. The molecule has 1 atom stereocenters. The van der Waals surface area contributed by atoms with Crippen molar-refractivity contribution in [2.24, 2.45) is 11.5 Å². The van der Waals surface area contributed by atoms with Crippen LogP contribution in [0.4, 0.5) is 0 Å². The molecular weight excluding hydrogens is 284 g/mol. The normalized spacial score (nSPS) is 12.3. The number of phenolic OH excluding ortho intramolecular Hbond substituents is 4. The van der Waals surface area contributed by atoms with E-state index >= 15 is 0 Å². The maximum Gasteiger partial charge on any atom is 0.157 e. The fraction of sp³-hybridized carbons (Fsp3) is 0.250. The lowest BCUT2D eigenvalue weighted by molar-refractivity contribution is 0.401. The molecule has 0 saturated carbocycles. The molecule has 1 unspecified atom stereocenters. The second-order valence-corrected chi connectivity index (χ2v) is 5.11. The van der Waals surface area contributed by atoms with E-state index in [1.165, 1.54) is 24.3 Å². The standard InChI is InChI=1S/C16H20N2O4/c17-4-3-10-6-15(21)16(22)7-11(10)12(8-18)9-1-2-13(19)14(20)5-9/h1-2,5-7,12,19-22H,3-4,8,17-18H2. The van der Waals surface area contributed by atoms with E-state index in [1.54, 1.807) is 6.07 Å². The van der Waals surface area contributed by atoms with E-state index in [0.29, 0.717) is 18.5 Å². The molecule has 0 heterocycles. The van der Waals surface area contributed by atoms with Gasteiger partial charge in [-0.25, -0.2) is 0 Å². The predicted molar refractivity (Wildman–Crippen MR) is 83.2 cm³/mol. The minimum Gasteiger partial charge on any atom is -0.504 e. The number of phenols is 4. The Balaban J connectivity index is 2.54. The monoisotopic (exact) mass is 304 g/mol. The van der Waals surface area contributed by atoms with E-state index in [0.717, 1.165) is 11.1 Å². The van der Waals surface area contributed by atoms with E-state index in [4.69, 9.17) is 11.5 Å². The summed E-state index contributed by atoms with van der Waals surface area (Å²) in [4.78, 5) is 0. The average Bonchev–Trinajstić information content (AvgIpc) is 2.48. The van der Waals surface area contributed by atoms with E-state index < -0.39 is 0 Å². The molecule has 0 saturated heterocycles. The van der Waals surface area contributed by atoms with Crippen molar-refractivity contribution in [1.82, 2.24) is 0 Å². The number of hydrogen-bond acceptors (Lipinski definition) is 6. The van der Waals surface area contributed by atoms with Gasteiger partial charge in [0.05, 0.1) is 0 Å². The van der Waals surface area contributed by atoms with Crippen LogP contribution < -0.4 is 11.5 Å². The molecule has 0 radical (unpaired) electrons. The molecule has 0 fully saturated rings. The average molecular weight is 304 g/mol. The third-order valence-corrected chi connectivity index (χ3v) is 3.66. The maximum absolute atomic E-state index is 9.77. The van der Waals surface area contributed by atoms with Gasteiger partial charge in [0.1, 0.15) is 0 Å². The van der Waals surface area contributed by atoms with Gasteiger partial charge in [-0.1, -0.05) is 6.07 Å². The van der Waals surface area contributed by atoms with Crippen molar-refractivity contribution in [2.75, 3.05) is 13.1 Å². The molecule has 2 rings (SSSR count). The van der Waals surface area contributed by atoms with Crippen LogP contribution >= 0.6 is 0 Å². The van der Waals surface area contributed by atoms with E-state index in [1.807, 2.05) is 0 Å². The summed E-state index contributed by atoms with van der Waals surface area (Å²) in [6.45, 7) is 0.612. The first-order chi connectivity index (χ1) is 10.5. The predicted octanol–water partition coefficient (Wildman–Crippen LogP) is 1.10. The summed E-state index contributed by atoms with van der Waals surface area (Å²) in [7, 11) is 0. The first-order valence-electron chi connectivity index (χ1n) is 6.94. The van der Waals surface area contributed by atoms with E-state index in [9.17, 15) is 20.4 Å². The lowest BCUT2D eigenvalue weighted by Crippen LogP contribution is -2.17. The van der Waals surface area contributed by atoms with Gasteiger partial charge in [-0.3, -0.25) is 0 Å². The van der Waals surface area contributed by atoms with Gasteiger partial charge in [-0.05, 0) is 53.9 Å². The van der Waals surface area contributed by atoms with Crippen LogP contribution in [0.3, 0.4) is 0 Å². The molecule has 118 valence electrons. The van der Waals surface area contributed by atoms with Gasteiger partial charge >= 0.3 is 0 Å². The van der Waals surface area contributed by atoms with Gasteiger partial charge in [0, 0.05) is 12.5 Å². The van der Waals surface area contributed by atoms with Crippen molar-refractivity contribution in [3.05, 3.63) is 47.0 Å². The molecule has 22 heavy (non-hydrogen) atoms. The summed E-state index contributed by atoms with van der Waals surface area (Å²) in [5.74, 6) is -1.21. The third kappa shape index (κ3) is 3.08. The Morgan fingerprint density at radius 1 is 0.818 bits per heavy atom. The molecule has 8 N–H and O–H groups in total. The molecule has 6 nitrogen and oxygen atoms in total. The maximum atomic E-state index is 9.77. The summed E-state index contributed by atoms with van der Waals surface area (Å²) in [5.41, 5.74) is 13.7. The Bertz CT molecular complexity index is 673. The first-order valence-corrected chi connectivity index (χ1v) is 6.94. The SMILES string of the molecule is NCCc1cc(O)c(O)cc1C(CN)c1ccc(O)c(O)c1. The van der Waals surface area contributed by atoms with Gasteiger partial charge in [0.15, 0.2) is 23.0 Å². The number of hydrogen-bond donors (Lipinski definition) is 6. The zero-order chi connectivity index (χ0) is 16.3. The van der Waals surface area contributed by atoms with E-state index in [2.05, 4.69) is 0 Å². The lowest BCUT2D eigenvalue weighted by Gasteiger charge is -2.20. The molecule has 0 spiro atoms. The molecule has 0 aliphatic carbocycles. The van der Waals surface area contributed by atoms with Crippen LogP contribution in [0.25, 0.3) is 0 Å². The number of aromatic hydroxyl groups is 4. The third-order valence-electron chi connectivity index (χ3n) is 3.66. The van der Waals surface area contributed by atoms with Crippen LogP contribution in [0.2, 0.25) is 0 Å². The molecular formula is C16H20N2O4. The van der Waals surface area contributed by atoms with Crippen LogP contribution in [-0.4, -0.2) is 33.5 Å². The quantitative estimate of drug-likeness (QED) is 0.458. The molecule has 0 bridgehead atoms. The zero-order valence-electron chi connectivity index (χ0n) is 12.0. The molecule has 2 aromatic carbocycles. The van der Waals surface area contributed by atoms with Crippen molar-refractivity contribution in [3.8, 4) is 23.0 Å². The minimum atomic E-state index is -0.306. The second-order valence-electron chi connectivity index (χ2n) is 5.11. The Kier molecular flexibility index (Phi) is 4.75. The number of benzene rings is 2. The van der Waals surface area contributed by atoms with Gasteiger partial charge in [0.2, 0.25) is 0 Å². The minimum absolute atomic E-state index is 0.212. The van der Waals surface area contributed by atoms with Crippen molar-refractivity contribution in [2.45, 2.75) is 12.3 Å². The summed E-state index contributed by atoms with van der Waals surface area (Å²) in [6.07, 6.45) is 0.518. The van der Waals surface area contributed by atoms with Gasteiger partial charge in [0.25, 0.3) is 0 Å². The number of rotatable bonds is 5. The summed E-state index contributed by atoms with van der Waals surface area (Å²) in [6, 6.07) is 7.41. The fourth-order valence-corrected chi connectivity index (χ4v) is 2.53. The van der Waals surface area contributed by atoms with Crippen LogP contribution in [0.5, 0.6) is 23.0 Å². The van der Waals surface area contributed by atoms with Gasteiger partial charge in [-0.15, -0.1) is 0 Å². The Hall–Kier alpha value is -2.44. The van der Waals surface area contributed by atoms with Crippen molar-refractivity contribution >= 4 is 0 Å². The Morgan fingerprint density at radius 2 is 1.45 bits per heavy atom. The largest absolute Gasteiger partial charge is 0.504 e. The Morgan fingerprint density at radius 3 is 2.05 bits per heavy atom. The smallest absolute Gasteiger partial charge is 0.157 e.